The second-order valence-electron chi connectivity index (χ2n) is 3.99. The van der Waals surface area contributed by atoms with Crippen LogP contribution in [0, 0.1) is 13.8 Å². The van der Waals surface area contributed by atoms with Crippen LogP contribution in [0.5, 0.6) is 0 Å². The molecule has 1 heterocycles. The Kier molecular flexibility index (Phi) is 3.47. The van der Waals surface area contributed by atoms with Crippen molar-refractivity contribution in [2.24, 2.45) is 5.73 Å². The van der Waals surface area contributed by atoms with Crippen molar-refractivity contribution in [1.82, 2.24) is 0 Å². The summed E-state index contributed by atoms with van der Waals surface area (Å²) in [5.74, 6) is 0. The number of rotatable bonds is 2. The monoisotopic (exact) mass is 295 g/mol. The van der Waals surface area contributed by atoms with E-state index >= 15 is 0 Å². The fourth-order valence-electron chi connectivity index (χ4n) is 1.57. The van der Waals surface area contributed by atoms with Gasteiger partial charge < -0.3 is 5.73 Å². The van der Waals surface area contributed by atoms with Crippen LogP contribution in [-0.2, 0) is 0 Å². The first-order valence-corrected chi connectivity index (χ1v) is 6.77. The van der Waals surface area contributed by atoms with Gasteiger partial charge in [0.25, 0.3) is 0 Å². The summed E-state index contributed by atoms with van der Waals surface area (Å²) in [4.78, 5) is 1.20. The first kappa shape index (κ1) is 11.8. The SMILES string of the molecule is Cc1ccc(C(N)c2cc(C)c(Br)s2)cc1. The lowest BCUT2D eigenvalue weighted by molar-refractivity contribution is 0.892. The molecule has 84 valence electrons. The third-order valence-corrected chi connectivity index (χ3v) is 4.84. The normalized spacial score (nSPS) is 12.8. The van der Waals surface area contributed by atoms with Crippen LogP contribution in [-0.4, -0.2) is 0 Å². The summed E-state index contributed by atoms with van der Waals surface area (Å²) < 4.78 is 1.17. The molecule has 1 aromatic heterocycles. The average molecular weight is 296 g/mol. The fourth-order valence-corrected chi connectivity index (χ4v) is 3.18. The van der Waals surface area contributed by atoms with E-state index in [1.54, 1.807) is 11.3 Å². The Morgan fingerprint density at radius 3 is 2.31 bits per heavy atom. The molecule has 1 unspecified atom stereocenters. The highest BCUT2D eigenvalue weighted by molar-refractivity contribution is 9.11. The first-order valence-electron chi connectivity index (χ1n) is 5.16. The summed E-state index contributed by atoms with van der Waals surface area (Å²) in [6, 6.07) is 10.5. The Bertz CT molecular complexity index is 468. The van der Waals surface area contributed by atoms with Gasteiger partial charge in [-0.1, -0.05) is 29.8 Å². The average Bonchev–Trinajstić information content (AvgIpc) is 2.59. The second kappa shape index (κ2) is 4.70. The van der Waals surface area contributed by atoms with Crippen molar-refractivity contribution in [1.29, 1.82) is 0 Å². The van der Waals surface area contributed by atoms with Crippen molar-refractivity contribution in [3.05, 3.63) is 55.7 Å². The highest BCUT2D eigenvalue weighted by atomic mass is 79.9. The molecule has 1 nitrogen and oxygen atoms in total. The largest absolute Gasteiger partial charge is 0.320 e. The molecular formula is C13H14BrNS. The van der Waals surface area contributed by atoms with Gasteiger partial charge >= 0.3 is 0 Å². The molecule has 0 aliphatic heterocycles. The minimum absolute atomic E-state index is 0.0180. The van der Waals surface area contributed by atoms with E-state index in [0.29, 0.717) is 0 Å². The van der Waals surface area contributed by atoms with E-state index in [9.17, 15) is 0 Å². The molecule has 0 saturated carbocycles. The van der Waals surface area contributed by atoms with Gasteiger partial charge in [0.05, 0.1) is 9.83 Å². The molecular weight excluding hydrogens is 282 g/mol. The summed E-state index contributed by atoms with van der Waals surface area (Å²) in [7, 11) is 0. The fraction of sp³-hybridized carbons (Fsp3) is 0.231. The summed E-state index contributed by atoms with van der Waals surface area (Å²) in [5.41, 5.74) is 9.92. The zero-order chi connectivity index (χ0) is 11.7. The maximum absolute atomic E-state index is 6.24. The molecule has 0 radical (unpaired) electrons. The van der Waals surface area contributed by atoms with Gasteiger partial charge in [-0.2, -0.15) is 0 Å². The second-order valence-corrected chi connectivity index (χ2v) is 6.40. The van der Waals surface area contributed by atoms with Gasteiger partial charge in [-0.15, -0.1) is 11.3 Å². The Balaban J connectivity index is 2.31. The maximum atomic E-state index is 6.24. The Morgan fingerprint density at radius 1 is 1.19 bits per heavy atom. The maximum Gasteiger partial charge on any atom is 0.0731 e. The molecule has 16 heavy (non-hydrogen) atoms. The topological polar surface area (TPSA) is 26.0 Å². The molecule has 3 heteroatoms. The molecule has 0 saturated heterocycles. The third kappa shape index (κ3) is 2.37. The number of halogens is 1. The molecule has 1 aromatic carbocycles. The van der Waals surface area contributed by atoms with Crippen molar-refractivity contribution >= 4 is 27.3 Å². The Labute approximate surface area is 108 Å². The predicted octanol–water partition coefficient (Wildman–Crippen LogP) is 4.18. The van der Waals surface area contributed by atoms with Crippen LogP contribution in [0.15, 0.2) is 34.1 Å². The number of hydrogen-bond donors (Lipinski definition) is 1. The lowest BCUT2D eigenvalue weighted by atomic mass is 10.0. The van der Waals surface area contributed by atoms with E-state index in [1.165, 1.54) is 25.4 Å². The number of nitrogens with two attached hydrogens (primary N) is 1. The van der Waals surface area contributed by atoms with E-state index in [2.05, 4.69) is 60.1 Å². The molecule has 0 bridgehead atoms. The number of benzene rings is 1. The van der Waals surface area contributed by atoms with Crippen LogP contribution in [0.3, 0.4) is 0 Å². The summed E-state index contributed by atoms with van der Waals surface area (Å²) in [6.07, 6.45) is 0. The third-order valence-electron chi connectivity index (χ3n) is 2.62. The molecule has 0 aliphatic carbocycles. The van der Waals surface area contributed by atoms with Crippen molar-refractivity contribution in [2.75, 3.05) is 0 Å². The van der Waals surface area contributed by atoms with Crippen molar-refractivity contribution in [3.63, 3.8) is 0 Å². The lowest BCUT2D eigenvalue weighted by Gasteiger charge is -2.09. The molecule has 1 atom stereocenters. The van der Waals surface area contributed by atoms with Crippen molar-refractivity contribution < 1.29 is 0 Å². The minimum Gasteiger partial charge on any atom is -0.320 e. The van der Waals surface area contributed by atoms with Gasteiger partial charge in [0, 0.05) is 4.88 Å². The van der Waals surface area contributed by atoms with E-state index in [-0.39, 0.29) is 6.04 Å². The van der Waals surface area contributed by atoms with Crippen LogP contribution in [0.1, 0.15) is 27.6 Å². The van der Waals surface area contributed by atoms with E-state index in [0.717, 1.165) is 0 Å². The molecule has 0 amide bonds. The summed E-state index contributed by atoms with van der Waals surface area (Å²) in [6.45, 7) is 4.17. The van der Waals surface area contributed by atoms with E-state index < -0.39 is 0 Å². The Hall–Kier alpha value is -0.640. The van der Waals surface area contributed by atoms with Gasteiger partial charge in [0.15, 0.2) is 0 Å². The van der Waals surface area contributed by atoms with Gasteiger partial charge in [-0.3, -0.25) is 0 Å². The molecule has 0 spiro atoms. The van der Waals surface area contributed by atoms with Crippen LogP contribution < -0.4 is 5.73 Å². The van der Waals surface area contributed by atoms with E-state index in [4.69, 9.17) is 5.73 Å². The summed E-state index contributed by atoms with van der Waals surface area (Å²) in [5, 5.41) is 0. The molecule has 0 aliphatic rings. The van der Waals surface area contributed by atoms with Crippen LogP contribution >= 0.6 is 27.3 Å². The zero-order valence-electron chi connectivity index (χ0n) is 9.33. The van der Waals surface area contributed by atoms with Gasteiger partial charge in [0.1, 0.15) is 0 Å². The quantitative estimate of drug-likeness (QED) is 0.884. The molecule has 0 fully saturated rings. The number of aryl methyl sites for hydroxylation is 2. The summed E-state index contributed by atoms with van der Waals surface area (Å²) >= 11 is 5.24. The van der Waals surface area contributed by atoms with Crippen molar-refractivity contribution in [2.45, 2.75) is 19.9 Å². The predicted molar refractivity (Wildman–Crippen MR) is 74.0 cm³/mol. The lowest BCUT2D eigenvalue weighted by Crippen LogP contribution is -2.09. The molecule has 2 aromatic rings. The Morgan fingerprint density at radius 2 is 1.81 bits per heavy atom. The number of hydrogen-bond acceptors (Lipinski definition) is 2. The van der Waals surface area contributed by atoms with Crippen LogP contribution in [0.2, 0.25) is 0 Å². The molecule has 2 rings (SSSR count). The number of thiophene rings is 1. The van der Waals surface area contributed by atoms with Crippen molar-refractivity contribution in [3.8, 4) is 0 Å². The van der Waals surface area contributed by atoms with Crippen LogP contribution in [0.25, 0.3) is 0 Å². The standard InChI is InChI=1S/C13H14BrNS/c1-8-3-5-10(6-4-8)12(15)11-7-9(2)13(14)16-11/h3-7,12H,15H2,1-2H3. The van der Waals surface area contributed by atoms with Gasteiger partial charge in [-0.25, -0.2) is 0 Å². The minimum atomic E-state index is -0.0180. The smallest absolute Gasteiger partial charge is 0.0731 e. The van der Waals surface area contributed by atoms with Crippen LogP contribution in [0.4, 0.5) is 0 Å². The zero-order valence-corrected chi connectivity index (χ0v) is 11.7. The van der Waals surface area contributed by atoms with Gasteiger partial charge in [-0.05, 0) is 47.0 Å². The highest BCUT2D eigenvalue weighted by Gasteiger charge is 2.12. The van der Waals surface area contributed by atoms with E-state index in [1.807, 2.05) is 0 Å². The first-order chi connectivity index (χ1) is 7.58. The van der Waals surface area contributed by atoms with Gasteiger partial charge in [0.2, 0.25) is 0 Å². The highest BCUT2D eigenvalue weighted by Crippen LogP contribution is 2.33. The molecule has 2 N–H and O–H groups in total.